The number of fused-ring (bicyclic) bond motifs is 1. The van der Waals surface area contributed by atoms with Gasteiger partial charge in [0.05, 0.1) is 17.7 Å². The molecule has 2 aliphatic heterocycles. The van der Waals surface area contributed by atoms with Crippen molar-refractivity contribution >= 4 is 23.6 Å². The summed E-state index contributed by atoms with van der Waals surface area (Å²) < 4.78 is 11.3. The van der Waals surface area contributed by atoms with Gasteiger partial charge in [0.2, 0.25) is 5.91 Å². The van der Waals surface area contributed by atoms with Crippen molar-refractivity contribution in [2.75, 3.05) is 6.54 Å². The van der Waals surface area contributed by atoms with Crippen LogP contribution in [0, 0.1) is 11.3 Å². The predicted octanol–water partition coefficient (Wildman–Crippen LogP) is 3.70. The van der Waals surface area contributed by atoms with Crippen LogP contribution in [0.15, 0.2) is 42.5 Å². The van der Waals surface area contributed by atoms with Gasteiger partial charge in [0.15, 0.2) is 0 Å². The summed E-state index contributed by atoms with van der Waals surface area (Å²) in [5.41, 5.74) is 0.691. The molecule has 3 atom stereocenters. The zero-order valence-electron chi connectivity index (χ0n) is 19.0. The van der Waals surface area contributed by atoms with E-state index in [1.165, 1.54) is 4.90 Å². The molecule has 9 heteroatoms. The van der Waals surface area contributed by atoms with Gasteiger partial charge in [0, 0.05) is 17.1 Å². The number of rotatable bonds is 4. The summed E-state index contributed by atoms with van der Waals surface area (Å²) in [7, 11) is 0. The number of hydrogen-bond acceptors (Lipinski definition) is 6. The van der Waals surface area contributed by atoms with E-state index in [1.807, 2.05) is 0 Å². The highest BCUT2D eigenvalue weighted by Crippen LogP contribution is 2.40. The van der Waals surface area contributed by atoms with Crippen LogP contribution in [0.5, 0.6) is 5.75 Å². The van der Waals surface area contributed by atoms with E-state index >= 15 is 0 Å². The van der Waals surface area contributed by atoms with Gasteiger partial charge >= 0.3 is 6.09 Å². The Morgan fingerprint density at radius 1 is 1.32 bits per heavy atom. The van der Waals surface area contributed by atoms with Crippen LogP contribution in [0.2, 0.25) is 5.02 Å². The Morgan fingerprint density at radius 2 is 2.12 bits per heavy atom. The summed E-state index contributed by atoms with van der Waals surface area (Å²) >= 11 is 5.98. The molecule has 34 heavy (non-hydrogen) atoms. The van der Waals surface area contributed by atoms with Crippen LogP contribution < -0.4 is 10.1 Å². The van der Waals surface area contributed by atoms with E-state index in [1.54, 1.807) is 56.3 Å². The standard InChI is InChI=1S/C25H26ClN3O5/c1-25(2)22(30)21(18-12-15(13-27)8-9-20(18)34-25)28-23(31)19-7-4-10-29(19)24(32)33-14-16-5-3-6-17(26)11-16/h3,5-6,8-9,11-12,19,21-22,30H,4,7,10,14H2,1-2H3,(H,28,31)/t19-,21+,22-/m0/s1. The van der Waals surface area contributed by atoms with Crippen molar-refractivity contribution in [3.8, 4) is 11.8 Å². The third-order valence-electron chi connectivity index (χ3n) is 6.21. The fourth-order valence-electron chi connectivity index (χ4n) is 4.39. The number of ether oxygens (including phenoxy) is 2. The lowest BCUT2D eigenvalue weighted by Gasteiger charge is -2.42. The fourth-order valence-corrected chi connectivity index (χ4v) is 4.60. The fraction of sp³-hybridized carbons (Fsp3) is 0.400. The van der Waals surface area contributed by atoms with E-state index in [2.05, 4.69) is 11.4 Å². The van der Waals surface area contributed by atoms with E-state index in [9.17, 15) is 20.0 Å². The molecule has 2 aliphatic rings. The van der Waals surface area contributed by atoms with Gasteiger partial charge in [-0.15, -0.1) is 0 Å². The minimum Gasteiger partial charge on any atom is -0.485 e. The van der Waals surface area contributed by atoms with E-state index in [0.717, 1.165) is 5.56 Å². The molecule has 1 fully saturated rings. The number of nitrogens with zero attached hydrogens (tertiary/aromatic N) is 2. The van der Waals surface area contributed by atoms with Crippen LogP contribution in [0.4, 0.5) is 4.79 Å². The highest BCUT2D eigenvalue weighted by atomic mass is 35.5. The molecule has 2 N–H and O–H groups in total. The first-order valence-electron chi connectivity index (χ1n) is 11.1. The van der Waals surface area contributed by atoms with E-state index in [4.69, 9.17) is 21.1 Å². The minimum absolute atomic E-state index is 0.0431. The molecule has 8 nitrogen and oxygen atoms in total. The number of amides is 2. The van der Waals surface area contributed by atoms with Crippen molar-refractivity contribution in [2.24, 2.45) is 0 Å². The third kappa shape index (κ3) is 4.81. The molecule has 0 unspecified atom stereocenters. The molecule has 0 saturated carbocycles. The van der Waals surface area contributed by atoms with Gasteiger partial charge in [0.1, 0.15) is 30.1 Å². The minimum atomic E-state index is -1.07. The van der Waals surface area contributed by atoms with E-state index in [-0.39, 0.29) is 6.61 Å². The number of hydrogen-bond donors (Lipinski definition) is 2. The van der Waals surface area contributed by atoms with Gasteiger partial charge in [-0.05, 0) is 62.6 Å². The average molecular weight is 484 g/mol. The Hall–Kier alpha value is -3.28. The maximum atomic E-state index is 13.3. The van der Waals surface area contributed by atoms with Crippen molar-refractivity contribution in [3.05, 3.63) is 64.2 Å². The summed E-state index contributed by atoms with van der Waals surface area (Å²) in [5, 5.41) is 23.7. The van der Waals surface area contributed by atoms with Gasteiger partial charge < -0.3 is 19.9 Å². The molecular weight excluding hydrogens is 458 g/mol. The lowest BCUT2D eigenvalue weighted by molar-refractivity contribution is -0.129. The number of aliphatic hydroxyl groups is 1. The summed E-state index contributed by atoms with van der Waals surface area (Å²) in [6, 6.07) is 12.4. The highest BCUT2D eigenvalue weighted by molar-refractivity contribution is 6.30. The molecule has 178 valence electrons. The second kappa shape index (κ2) is 9.53. The van der Waals surface area contributed by atoms with E-state index < -0.39 is 35.8 Å². The molecule has 0 aromatic heterocycles. The summed E-state index contributed by atoms with van der Waals surface area (Å²) in [5.74, 6) is 0.0936. The molecule has 0 aliphatic carbocycles. The third-order valence-corrected chi connectivity index (χ3v) is 6.45. The van der Waals surface area contributed by atoms with Crippen LogP contribution in [-0.4, -0.2) is 46.3 Å². The molecule has 4 rings (SSSR count). The Morgan fingerprint density at radius 3 is 2.85 bits per heavy atom. The van der Waals surface area contributed by atoms with Crippen LogP contribution >= 0.6 is 11.6 Å². The van der Waals surface area contributed by atoms with Crippen LogP contribution in [-0.2, 0) is 16.1 Å². The molecule has 0 radical (unpaired) electrons. The second-order valence-electron chi connectivity index (χ2n) is 9.04. The highest BCUT2D eigenvalue weighted by Gasteiger charge is 2.45. The number of likely N-dealkylation sites (tertiary alicyclic amines) is 1. The number of carbonyl (C=O) groups excluding carboxylic acids is 2. The number of halogens is 1. The normalized spacial score (nSPS) is 22.8. The zero-order chi connectivity index (χ0) is 24.5. The molecule has 2 aromatic carbocycles. The molecule has 0 bridgehead atoms. The molecule has 2 amide bonds. The topological polar surface area (TPSA) is 112 Å². The smallest absolute Gasteiger partial charge is 0.410 e. The first kappa shape index (κ1) is 23.9. The lowest BCUT2D eigenvalue weighted by atomic mass is 9.85. The number of carbonyl (C=O) groups is 2. The molecule has 0 spiro atoms. The quantitative estimate of drug-likeness (QED) is 0.685. The Bertz CT molecular complexity index is 1150. The lowest BCUT2D eigenvalue weighted by Crippen LogP contribution is -2.56. The molecule has 2 heterocycles. The van der Waals surface area contributed by atoms with Crippen molar-refractivity contribution < 1.29 is 24.2 Å². The summed E-state index contributed by atoms with van der Waals surface area (Å²) in [6.07, 6.45) is -0.520. The van der Waals surface area contributed by atoms with E-state index in [0.29, 0.717) is 41.3 Å². The molecular formula is C25H26ClN3O5. The van der Waals surface area contributed by atoms with Gasteiger partial charge in [0.25, 0.3) is 0 Å². The van der Waals surface area contributed by atoms with Crippen molar-refractivity contribution in [1.29, 1.82) is 5.26 Å². The van der Waals surface area contributed by atoms with Crippen molar-refractivity contribution in [1.82, 2.24) is 10.2 Å². The first-order valence-corrected chi connectivity index (χ1v) is 11.5. The summed E-state index contributed by atoms with van der Waals surface area (Å²) in [4.78, 5) is 27.4. The zero-order valence-corrected chi connectivity index (χ0v) is 19.7. The number of aliphatic hydroxyl groups excluding tert-OH is 1. The average Bonchev–Trinajstić information content (AvgIpc) is 3.30. The van der Waals surface area contributed by atoms with Crippen LogP contribution in [0.1, 0.15) is 49.4 Å². The predicted molar refractivity (Wildman–Crippen MR) is 124 cm³/mol. The Balaban J connectivity index is 1.49. The van der Waals surface area contributed by atoms with Gasteiger partial charge in [-0.25, -0.2) is 4.79 Å². The molecule has 1 saturated heterocycles. The first-order chi connectivity index (χ1) is 16.2. The Kier molecular flexibility index (Phi) is 6.69. The number of benzene rings is 2. The largest absolute Gasteiger partial charge is 0.485 e. The van der Waals surface area contributed by atoms with Gasteiger partial charge in [-0.3, -0.25) is 9.69 Å². The van der Waals surface area contributed by atoms with Crippen molar-refractivity contribution in [3.63, 3.8) is 0 Å². The SMILES string of the molecule is CC1(C)Oc2ccc(C#N)cc2[C@@H](NC(=O)[C@@H]2CCCN2C(=O)OCc2cccc(Cl)c2)[C@@H]1O. The van der Waals surface area contributed by atoms with Crippen LogP contribution in [0.3, 0.4) is 0 Å². The maximum absolute atomic E-state index is 13.3. The monoisotopic (exact) mass is 483 g/mol. The summed E-state index contributed by atoms with van der Waals surface area (Å²) in [6.45, 7) is 3.89. The Labute approximate surface area is 203 Å². The van der Waals surface area contributed by atoms with Crippen LogP contribution in [0.25, 0.3) is 0 Å². The molecule has 2 aromatic rings. The van der Waals surface area contributed by atoms with Crippen molar-refractivity contribution in [2.45, 2.75) is 57.1 Å². The van der Waals surface area contributed by atoms with Gasteiger partial charge in [-0.1, -0.05) is 23.7 Å². The number of nitrogens with one attached hydrogen (secondary N) is 1. The second-order valence-corrected chi connectivity index (χ2v) is 9.47. The van der Waals surface area contributed by atoms with Gasteiger partial charge in [-0.2, -0.15) is 5.26 Å². The maximum Gasteiger partial charge on any atom is 0.410 e. The number of nitriles is 1.